The van der Waals surface area contributed by atoms with Gasteiger partial charge in [0.1, 0.15) is 0 Å². The lowest BCUT2D eigenvalue weighted by molar-refractivity contribution is 1.01. The van der Waals surface area contributed by atoms with Gasteiger partial charge in [-0.15, -0.1) is 0 Å². The van der Waals surface area contributed by atoms with Gasteiger partial charge in [0, 0.05) is 40.6 Å². The Kier molecular flexibility index (Phi) is 2.36. The maximum absolute atomic E-state index is 4.44. The number of nitrogens with zero attached hydrogens (tertiary/aromatic N) is 2. The summed E-state index contributed by atoms with van der Waals surface area (Å²) in [6, 6.07) is 21.1. The van der Waals surface area contributed by atoms with Gasteiger partial charge in [-0.2, -0.15) is 0 Å². The summed E-state index contributed by atoms with van der Waals surface area (Å²) in [6.07, 6.45) is 1.84. The molecular formula is C18H14N2. The molecule has 2 aromatic heterocycles. The molecule has 0 aliphatic heterocycles. The molecule has 0 amide bonds. The fourth-order valence-electron chi connectivity index (χ4n) is 2.86. The monoisotopic (exact) mass is 258 g/mol. The molecule has 96 valence electrons. The Morgan fingerprint density at radius 1 is 0.800 bits per heavy atom. The van der Waals surface area contributed by atoms with E-state index in [-0.39, 0.29) is 0 Å². The van der Waals surface area contributed by atoms with Crippen LogP contribution in [0.1, 0.15) is 0 Å². The number of pyridine rings is 1. The third kappa shape index (κ3) is 1.55. The van der Waals surface area contributed by atoms with Crippen molar-refractivity contribution < 1.29 is 0 Å². The van der Waals surface area contributed by atoms with Crippen LogP contribution in [-0.4, -0.2) is 9.55 Å². The molecular weight excluding hydrogens is 244 g/mol. The van der Waals surface area contributed by atoms with Gasteiger partial charge in [0.25, 0.3) is 0 Å². The molecule has 4 rings (SSSR count). The molecule has 20 heavy (non-hydrogen) atoms. The van der Waals surface area contributed by atoms with Gasteiger partial charge in [-0.3, -0.25) is 4.98 Å². The van der Waals surface area contributed by atoms with Gasteiger partial charge in [0.15, 0.2) is 0 Å². The standard InChI is InChI=1S/C18H14N2/c1-20-17-8-3-2-6-14(17)15-12-13(9-10-18(15)20)16-7-4-5-11-19-16/h2-12H,1H3. The van der Waals surface area contributed by atoms with E-state index in [9.17, 15) is 0 Å². The second-order valence-corrected chi connectivity index (χ2v) is 5.02. The number of benzene rings is 2. The summed E-state index contributed by atoms with van der Waals surface area (Å²) in [4.78, 5) is 4.44. The van der Waals surface area contributed by atoms with E-state index in [1.807, 2.05) is 24.4 Å². The smallest absolute Gasteiger partial charge is 0.0702 e. The highest BCUT2D eigenvalue weighted by molar-refractivity contribution is 6.09. The van der Waals surface area contributed by atoms with Crippen molar-refractivity contribution in [3.63, 3.8) is 0 Å². The van der Waals surface area contributed by atoms with E-state index >= 15 is 0 Å². The summed E-state index contributed by atoms with van der Waals surface area (Å²) >= 11 is 0. The van der Waals surface area contributed by atoms with E-state index in [4.69, 9.17) is 0 Å². The van der Waals surface area contributed by atoms with E-state index in [0.29, 0.717) is 0 Å². The predicted molar refractivity (Wildman–Crippen MR) is 83.7 cm³/mol. The molecule has 0 spiro atoms. The minimum absolute atomic E-state index is 1.02. The summed E-state index contributed by atoms with van der Waals surface area (Å²) in [5, 5.41) is 2.58. The molecule has 0 aliphatic carbocycles. The van der Waals surface area contributed by atoms with Crippen LogP contribution in [0.25, 0.3) is 33.1 Å². The number of rotatable bonds is 1. The largest absolute Gasteiger partial charge is 0.344 e. The zero-order chi connectivity index (χ0) is 13.5. The third-order valence-electron chi connectivity index (χ3n) is 3.87. The van der Waals surface area contributed by atoms with Crippen LogP contribution in [0.4, 0.5) is 0 Å². The van der Waals surface area contributed by atoms with Gasteiger partial charge < -0.3 is 4.57 Å². The van der Waals surface area contributed by atoms with Crippen molar-refractivity contribution in [3.8, 4) is 11.3 Å². The van der Waals surface area contributed by atoms with Crippen LogP contribution in [0.15, 0.2) is 66.9 Å². The zero-order valence-corrected chi connectivity index (χ0v) is 11.2. The second kappa shape index (κ2) is 4.20. The van der Waals surface area contributed by atoms with Crippen molar-refractivity contribution in [2.24, 2.45) is 7.05 Å². The van der Waals surface area contributed by atoms with Crippen LogP contribution in [-0.2, 0) is 7.05 Å². The van der Waals surface area contributed by atoms with Crippen molar-refractivity contribution in [1.29, 1.82) is 0 Å². The first kappa shape index (κ1) is 11.2. The fourth-order valence-corrected chi connectivity index (χ4v) is 2.86. The van der Waals surface area contributed by atoms with Crippen molar-refractivity contribution in [2.75, 3.05) is 0 Å². The minimum Gasteiger partial charge on any atom is -0.344 e. The third-order valence-corrected chi connectivity index (χ3v) is 3.87. The highest BCUT2D eigenvalue weighted by Crippen LogP contribution is 2.31. The quantitative estimate of drug-likeness (QED) is 0.495. The molecule has 0 unspecified atom stereocenters. The zero-order valence-electron chi connectivity index (χ0n) is 11.2. The molecule has 2 aromatic carbocycles. The first-order chi connectivity index (χ1) is 9.84. The van der Waals surface area contributed by atoms with E-state index < -0.39 is 0 Å². The SMILES string of the molecule is Cn1c2ccccc2c2cc(-c3ccccn3)ccc21. The summed E-state index contributed by atoms with van der Waals surface area (Å²) < 4.78 is 2.24. The van der Waals surface area contributed by atoms with Gasteiger partial charge in [0.2, 0.25) is 0 Å². The first-order valence-electron chi connectivity index (χ1n) is 6.73. The first-order valence-corrected chi connectivity index (χ1v) is 6.73. The van der Waals surface area contributed by atoms with Crippen LogP contribution < -0.4 is 0 Å². The van der Waals surface area contributed by atoms with E-state index in [1.165, 1.54) is 21.8 Å². The van der Waals surface area contributed by atoms with E-state index in [0.717, 1.165) is 11.3 Å². The Labute approximate surface area is 117 Å². The van der Waals surface area contributed by atoms with Gasteiger partial charge in [-0.1, -0.05) is 30.3 Å². The number of para-hydroxylation sites is 1. The van der Waals surface area contributed by atoms with E-state index in [1.54, 1.807) is 0 Å². The molecule has 2 heterocycles. The Morgan fingerprint density at radius 2 is 1.60 bits per heavy atom. The second-order valence-electron chi connectivity index (χ2n) is 5.02. The van der Waals surface area contributed by atoms with Gasteiger partial charge >= 0.3 is 0 Å². The molecule has 0 bridgehead atoms. The number of fused-ring (bicyclic) bond motifs is 3. The Morgan fingerprint density at radius 3 is 2.45 bits per heavy atom. The lowest BCUT2D eigenvalue weighted by atomic mass is 10.1. The van der Waals surface area contributed by atoms with Crippen molar-refractivity contribution >= 4 is 21.8 Å². The lowest BCUT2D eigenvalue weighted by Gasteiger charge is -2.02. The molecule has 2 nitrogen and oxygen atoms in total. The number of hydrogen-bond acceptors (Lipinski definition) is 1. The van der Waals surface area contributed by atoms with Gasteiger partial charge in [-0.05, 0) is 30.3 Å². The predicted octanol–water partition coefficient (Wildman–Crippen LogP) is 4.39. The molecule has 0 saturated carbocycles. The molecule has 4 aromatic rings. The number of aryl methyl sites for hydroxylation is 1. The molecule has 0 fully saturated rings. The molecule has 0 radical (unpaired) electrons. The topological polar surface area (TPSA) is 17.8 Å². The Hall–Kier alpha value is -2.61. The van der Waals surface area contributed by atoms with Crippen molar-refractivity contribution in [1.82, 2.24) is 9.55 Å². The average molecular weight is 258 g/mol. The van der Waals surface area contributed by atoms with Gasteiger partial charge in [0.05, 0.1) is 5.69 Å². The molecule has 2 heteroatoms. The highest BCUT2D eigenvalue weighted by atomic mass is 14.9. The Balaban J connectivity index is 2.07. The summed E-state index contributed by atoms with van der Waals surface area (Å²) in [6.45, 7) is 0. The summed E-state index contributed by atoms with van der Waals surface area (Å²) in [5.41, 5.74) is 4.70. The molecule has 0 aliphatic rings. The average Bonchev–Trinajstić information content (AvgIpc) is 2.81. The lowest BCUT2D eigenvalue weighted by Crippen LogP contribution is -1.86. The Bertz CT molecular complexity index is 905. The highest BCUT2D eigenvalue weighted by Gasteiger charge is 2.08. The summed E-state index contributed by atoms with van der Waals surface area (Å²) in [7, 11) is 2.12. The maximum Gasteiger partial charge on any atom is 0.0702 e. The molecule has 0 saturated heterocycles. The van der Waals surface area contributed by atoms with E-state index in [2.05, 4.69) is 59.1 Å². The molecule has 0 atom stereocenters. The minimum atomic E-state index is 1.02. The van der Waals surface area contributed by atoms with Crippen LogP contribution >= 0.6 is 0 Å². The van der Waals surface area contributed by atoms with Crippen LogP contribution in [0.5, 0.6) is 0 Å². The van der Waals surface area contributed by atoms with Crippen molar-refractivity contribution in [3.05, 3.63) is 66.9 Å². The molecule has 0 N–H and O–H groups in total. The summed E-state index contributed by atoms with van der Waals surface area (Å²) in [5.74, 6) is 0. The van der Waals surface area contributed by atoms with Crippen LogP contribution in [0, 0.1) is 0 Å². The normalized spacial score (nSPS) is 11.2. The van der Waals surface area contributed by atoms with Gasteiger partial charge in [-0.25, -0.2) is 0 Å². The van der Waals surface area contributed by atoms with Crippen LogP contribution in [0.2, 0.25) is 0 Å². The number of hydrogen-bond donors (Lipinski definition) is 0. The van der Waals surface area contributed by atoms with Crippen LogP contribution in [0.3, 0.4) is 0 Å². The van der Waals surface area contributed by atoms with Crippen molar-refractivity contribution in [2.45, 2.75) is 0 Å². The fraction of sp³-hybridized carbons (Fsp3) is 0.0556. The number of aromatic nitrogens is 2. The maximum atomic E-state index is 4.44.